The SMILES string of the molecule is C[C@@H]1Cc2ccc(-c3ccc(NC(=S)Nc4cc(C(F)(F)F)cc(C(F)(F)F)c4)cc3)cc2/C1=C1/c2cc(-c3ccc(Nc4cc(N(C)C)ccn4)cc3)ccc2C[C@H]1C. The Hall–Kier alpha value is -6.14. The summed E-state index contributed by atoms with van der Waals surface area (Å²) in [6, 6.07) is 34.4. The van der Waals surface area contributed by atoms with Gasteiger partial charge in [-0.3, -0.25) is 0 Å². The molecule has 1 aromatic heterocycles. The zero-order chi connectivity index (χ0) is 42.5. The highest BCUT2D eigenvalue weighted by Crippen LogP contribution is 2.50. The molecule has 2 aliphatic carbocycles. The molecule has 2 atom stereocenters. The standard InChI is InChI=1S/C48H41F6N5S/c1-27-19-33-7-5-31(29-9-13-37(14-10-29)56-43-26-40(59(3)4)17-18-55-43)21-41(33)44(27)45-28(2)20-34-8-6-32(22-42(34)45)30-11-15-38(16-12-30)57-46(60)58-39-24-35(47(49,50)51)23-36(25-39)48(52,53)54/h5-18,21-28H,19-20H2,1-4H3,(H,55,56)(H2,57,58,60)/b45-44+/t27-,28-/m1/s1. The molecule has 3 N–H and O–H groups in total. The first-order valence-electron chi connectivity index (χ1n) is 19.5. The van der Waals surface area contributed by atoms with Crippen LogP contribution in [0.4, 0.5) is 54.9 Å². The molecule has 0 bridgehead atoms. The van der Waals surface area contributed by atoms with Gasteiger partial charge < -0.3 is 20.9 Å². The van der Waals surface area contributed by atoms with Crippen molar-refractivity contribution >= 4 is 57.0 Å². The van der Waals surface area contributed by atoms with Crippen LogP contribution in [-0.4, -0.2) is 24.2 Å². The van der Waals surface area contributed by atoms with Crippen LogP contribution < -0.4 is 20.9 Å². The third-order valence-electron chi connectivity index (χ3n) is 11.2. The van der Waals surface area contributed by atoms with Gasteiger partial charge in [0.2, 0.25) is 0 Å². The van der Waals surface area contributed by atoms with Crippen molar-refractivity contribution in [1.82, 2.24) is 4.98 Å². The number of rotatable bonds is 7. The number of pyridine rings is 1. The Morgan fingerprint density at radius 2 is 1.05 bits per heavy atom. The molecule has 1 heterocycles. The molecule has 0 spiro atoms. The molecule has 306 valence electrons. The van der Waals surface area contributed by atoms with Gasteiger partial charge in [-0.2, -0.15) is 26.3 Å². The Morgan fingerprint density at radius 1 is 0.583 bits per heavy atom. The molecule has 0 amide bonds. The van der Waals surface area contributed by atoms with Gasteiger partial charge in [0, 0.05) is 49.1 Å². The molecule has 0 fully saturated rings. The first-order valence-corrected chi connectivity index (χ1v) is 19.9. The number of anilines is 5. The first kappa shape index (κ1) is 40.6. The fraction of sp³-hybridized carbons (Fsp3) is 0.208. The summed E-state index contributed by atoms with van der Waals surface area (Å²) in [6.45, 7) is 4.61. The lowest BCUT2D eigenvalue weighted by atomic mass is 9.87. The average molecular weight is 834 g/mol. The Balaban J connectivity index is 1.02. The van der Waals surface area contributed by atoms with Crippen LogP contribution >= 0.6 is 12.2 Å². The number of hydrogen-bond acceptors (Lipinski definition) is 4. The van der Waals surface area contributed by atoms with Crippen molar-refractivity contribution in [3.05, 3.63) is 155 Å². The molecule has 5 nitrogen and oxygen atoms in total. The summed E-state index contributed by atoms with van der Waals surface area (Å²) in [5.41, 5.74) is 11.5. The Morgan fingerprint density at radius 3 is 1.53 bits per heavy atom. The van der Waals surface area contributed by atoms with Gasteiger partial charge in [-0.15, -0.1) is 0 Å². The molecule has 60 heavy (non-hydrogen) atoms. The molecule has 0 aliphatic heterocycles. The largest absolute Gasteiger partial charge is 0.416 e. The van der Waals surface area contributed by atoms with E-state index in [0.717, 1.165) is 52.3 Å². The summed E-state index contributed by atoms with van der Waals surface area (Å²) in [6.07, 6.45) is -6.22. The zero-order valence-corrected chi connectivity index (χ0v) is 34.0. The molecule has 5 aromatic carbocycles. The third-order valence-corrected chi connectivity index (χ3v) is 11.4. The number of halogens is 6. The summed E-state index contributed by atoms with van der Waals surface area (Å²) in [7, 11) is 4.00. The molecule has 2 aliphatic rings. The number of hydrogen-bond donors (Lipinski definition) is 3. The molecule has 6 aromatic rings. The molecular weight excluding hydrogens is 793 g/mol. The summed E-state index contributed by atoms with van der Waals surface area (Å²) in [4.78, 5) is 6.51. The van der Waals surface area contributed by atoms with E-state index in [1.807, 2.05) is 43.3 Å². The highest BCUT2D eigenvalue weighted by atomic mass is 32.1. The Kier molecular flexibility index (Phi) is 10.7. The second-order valence-corrected chi connectivity index (χ2v) is 16.1. The van der Waals surface area contributed by atoms with Crippen molar-refractivity contribution < 1.29 is 26.3 Å². The van der Waals surface area contributed by atoms with Crippen molar-refractivity contribution in [3.8, 4) is 22.3 Å². The van der Waals surface area contributed by atoms with Gasteiger partial charge in [0.15, 0.2) is 5.11 Å². The fourth-order valence-corrected chi connectivity index (χ4v) is 8.55. The normalized spacial score (nSPS) is 17.2. The minimum absolute atomic E-state index is 0.0771. The minimum Gasteiger partial charge on any atom is -0.378 e. The summed E-state index contributed by atoms with van der Waals surface area (Å²) in [5, 5.41) is 8.60. The topological polar surface area (TPSA) is 52.2 Å². The quantitative estimate of drug-likeness (QED) is 0.110. The minimum atomic E-state index is -4.97. The van der Waals surface area contributed by atoms with Gasteiger partial charge in [0.05, 0.1) is 11.1 Å². The monoisotopic (exact) mass is 833 g/mol. The van der Waals surface area contributed by atoms with E-state index in [2.05, 4.69) is 95.4 Å². The second kappa shape index (κ2) is 15.8. The molecule has 0 radical (unpaired) electrons. The summed E-state index contributed by atoms with van der Waals surface area (Å²) >= 11 is 5.26. The summed E-state index contributed by atoms with van der Waals surface area (Å²) in [5.74, 6) is 1.46. The number of allylic oxidation sites excluding steroid dienone is 2. The number of nitrogens with zero attached hydrogens (tertiary/aromatic N) is 2. The molecule has 0 unspecified atom stereocenters. The molecule has 0 saturated heterocycles. The maximum Gasteiger partial charge on any atom is 0.416 e. The predicted octanol–water partition coefficient (Wildman–Crippen LogP) is 13.4. The molecule has 8 rings (SSSR count). The van der Waals surface area contributed by atoms with Crippen LogP contribution in [0.25, 0.3) is 33.4 Å². The Labute approximate surface area is 350 Å². The van der Waals surface area contributed by atoms with Crippen LogP contribution in [0.1, 0.15) is 47.2 Å². The number of thiocarbonyl (C=S) groups is 1. The lowest BCUT2D eigenvalue weighted by molar-refractivity contribution is -0.143. The van der Waals surface area contributed by atoms with E-state index >= 15 is 0 Å². The van der Waals surface area contributed by atoms with E-state index < -0.39 is 29.2 Å². The Bertz CT molecular complexity index is 2600. The van der Waals surface area contributed by atoms with Crippen LogP contribution in [0.15, 0.2) is 121 Å². The number of benzene rings is 5. The lowest BCUT2D eigenvalue weighted by Gasteiger charge is -2.17. The van der Waals surface area contributed by atoms with E-state index in [1.54, 1.807) is 18.3 Å². The maximum atomic E-state index is 13.4. The van der Waals surface area contributed by atoms with Crippen molar-refractivity contribution in [3.63, 3.8) is 0 Å². The van der Waals surface area contributed by atoms with Crippen LogP contribution in [0.3, 0.4) is 0 Å². The van der Waals surface area contributed by atoms with Gasteiger partial charge in [0.25, 0.3) is 0 Å². The zero-order valence-electron chi connectivity index (χ0n) is 33.2. The highest BCUT2D eigenvalue weighted by Gasteiger charge is 2.37. The second-order valence-electron chi connectivity index (χ2n) is 15.7. The number of aromatic nitrogens is 1. The van der Waals surface area contributed by atoms with Gasteiger partial charge in [-0.1, -0.05) is 62.4 Å². The van der Waals surface area contributed by atoms with Crippen LogP contribution in [0, 0.1) is 11.8 Å². The highest BCUT2D eigenvalue weighted by molar-refractivity contribution is 7.80. The number of nitrogens with one attached hydrogen (secondary N) is 3. The molecular formula is C48H41F6N5S. The van der Waals surface area contributed by atoms with Crippen LogP contribution in [0.5, 0.6) is 0 Å². The van der Waals surface area contributed by atoms with Crippen LogP contribution in [0.2, 0.25) is 0 Å². The van der Waals surface area contributed by atoms with Gasteiger partial charge in [-0.05, 0) is 153 Å². The average Bonchev–Trinajstić information content (AvgIpc) is 3.70. The van der Waals surface area contributed by atoms with Gasteiger partial charge >= 0.3 is 12.4 Å². The van der Waals surface area contributed by atoms with Gasteiger partial charge in [0.1, 0.15) is 5.82 Å². The molecule has 12 heteroatoms. The van der Waals surface area contributed by atoms with E-state index in [1.165, 1.54) is 33.4 Å². The predicted molar refractivity (Wildman–Crippen MR) is 234 cm³/mol. The maximum absolute atomic E-state index is 13.4. The molecule has 0 saturated carbocycles. The van der Waals surface area contributed by atoms with Crippen molar-refractivity contribution in [1.29, 1.82) is 0 Å². The smallest absolute Gasteiger partial charge is 0.378 e. The summed E-state index contributed by atoms with van der Waals surface area (Å²) < 4.78 is 80.2. The third kappa shape index (κ3) is 8.47. The van der Waals surface area contributed by atoms with E-state index in [9.17, 15) is 26.3 Å². The lowest BCUT2D eigenvalue weighted by Crippen LogP contribution is -2.20. The van der Waals surface area contributed by atoms with E-state index in [0.29, 0.717) is 29.7 Å². The van der Waals surface area contributed by atoms with Crippen molar-refractivity contribution in [2.75, 3.05) is 34.9 Å². The van der Waals surface area contributed by atoms with Crippen molar-refractivity contribution in [2.24, 2.45) is 11.8 Å². The fourth-order valence-electron chi connectivity index (χ4n) is 8.31. The van der Waals surface area contributed by atoms with E-state index in [4.69, 9.17) is 12.2 Å². The van der Waals surface area contributed by atoms with Crippen LogP contribution in [-0.2, 0) is 25.2 Å². The van der Waals surface area contributed by atoms with E-state index in [-0.39, 0.29) is 11.2 Å². The first-order chi connectivity index (χ1) is 28.5. The number of alkyl halides is 6. The van der Waals surface area contributed by atoms with Gasteiger partial charge in [-0.25, -0.2) is 4.98 Å². The number of fused-ring (bicyclic) bond motifs is 2. The van der Waals surface area contributed by atoms with Crippen molar-refractivity contribution in [2.45, 2.75) is 39.0 Å².